The molecule has 0 aliphatic heterocycles. The van der Waals surface area contributed by atoms with E-state index in [1.807, 2.05) is 0 Å². The first-order valence-corrected chi connectivity index (χ1v) is 2.13. The van der Waals surface area contributed by atoms with Gasteiger partial charge in [0.15, 0.2) is 0 Å². The Balaban J connectivity index is 3.68. The van der Waals surface area contributed by atoms with Crippen LogP contribution in [0.2, 0.25) is 0 Å². The maximum atomic E-state index is 10.2. The zero-order valence-electron chi connectivity index (χ0n) is 4.87. The highest BCUT2D eigenvalue weighted by molar-refractivity contribution is 5.77. The number of hydrogen-bond acceptors (Lipinski definition) is 4. The molecule has 0 unspecified atom stereocenters. The minimum absolute atomic E-state index is 0.206. The van der Waals surface area contributed by atoms with Crippen LogP contribution in [-0.2, 0) is 0 Å². The fraction of sp³-hybridized carbons (Fsp3) is 0. The molecule has 0 heterocycles. The van der Waals surface area contributed by atoms with E-state index in [0.29, 0.717) is 0 Å². The molecule has 58 valence electrons. The minimum atomic E-state index is -1.22. The van der Waals surface area contributed by atoms with Crippen molar-refractivity contribution >= 4 is 12.1 Å². The van der Waals surface area contributed by atoms with Crippen molar-refractivity contribution in [3.63, 3.8) is 0 Å². The highest BCUT2D eigenvalue weighted by Gasteiger charge is 2.07. The van der Waals surface area contributed by atoms with Crippen molar-refractivity contribution in [2.45, 2.75) is 0 Å². The van der Waals surface area contributed by atoms with Crippen LogP contribution in [0.3, 0.4) is 0 Å². The summed E-state index contributed by atoms with van der Waals surface area (Å²) in [6.45, 7) is 0. The van der Waals surface area contributed by atoms with Crippen LogP contribution in [0.5, 0.6) is 0 Å². The molecule has 0 saturated carbocycles. The van der Waals surface area contributed by atoms with Crippen molar-refractivity contribution in [1.82, 2.24) is 16.0 Å². The van der Waals surface area contributed by atoms with E-state index in [-0.39, 0.29) is 5.17 Å². The molecular weight excluding hydrogens is 142 g/mol. The quantitative estimate of drug-likeness (QED) is 0.116. The fourth-order valence-electron chi connectivity index (χ4n) is 0.184. The van der Waals surface area contributed by atoms with Gasteiger partial charge in [-0.15, -0.1) is 5.17 Å². The molecule has 0 aliphatic carbocycles. The number of hydroxylamine groups is 1. The molecule has 0 radical (unpaired) electrons. The van der Waals surface area contributed by atoms with Gasteiger partial charge < -0.3 is 5.73 Å². The average Bonchev–Trinajstić information content (AvgIpc) is 1.87. The van der Waals surface area contributed by atoms with Crippen LogP contribution < -0.4 is 22.4 Å². The lowest BCUT2D eigenvalue weighted by Crippen LogP contribution is -2.51. The van der Waals surface area contributed by atoms with E-state index in [2.05, 4.69) is 11.6 Å². The minimum Gasteiger partial charge on any atom is -0.348 e. The molecule has 0 rings (SSSR count). The Labute approximate surface area is 55.7 Å². The summed E-state index contributed by atoms with van der Waals surface area (Å²) in [7, 11) is 0. The Morgan fingerprint density at radius 3 is 2.30 bits per heavy atom. The smallest absolute Gasteiger partial charge is 0.348 e. The normalized spacial score (nSPS) is 8.20. The zero-order chi connectivity index (χ0) is 8.15. The van der Waals surface area contributed by atoms with Gasteiger partial charge in [-0.3, -0.25) is 10.6 Å². The SMILES string of the molecule is NNC(=O)NN(O)C(N)=O. The molecule has 8 heteroatoms. The van der Waals surface area contributed by atoms with E-state index in [4.69, 9.17) is 5.21 Å². The number of carbonyl (C=O) groups is 2. The molecule has 0 bridgehead atoms. The maximum Gasteiger partial charge on any atom is 0.358 e. The molecule has 0 aromatic rings. The van der Waals surface area contributed by atoms with Crippen molar-refractivity contribution in [2.24, 2.45) is 11.6 Å². The van der Waals surface area contributed by atoms with Gasteiger partial charge in [-0.2, -0.15) is 0 Å². The molecule has 0 aromatic carbocycles. The summed E-state index contributed by atoms with van der Waals surface area (Å²) in [6, 6.07) is -2.18. The van der Waals surface area contributed by atoms with Gasteiger partial charge in [-0.05, 0) is 0 Å². The van der Waals surface area contributed by atoms with Crippen LogP contribution in [0.4, 0.5) is 9.59 Å². The van der Waals surface area contributed by atoms with E-state index in [1.54, 1.807) is 10.9 Å². The number of nitrogens with zero attached hydrogens (tertiary/aromatic N) is 1. The second kappa shape index (κ2) is 3.48. The zero-order valence-corrected chi connectivity index (χ0v) is 4.87. The lowest BCUT2D eigenvalue weighted by atomic mass is 11.0. The molecule has 10 heavy (non-hydrogen) atoms. The Morgan fingerprint density at radius 1 is 1.50 bits per heavy atom. The molecule has 0 atom stereocenters. The van der Waals surface area contributed by atoms with Gasteiger partial charge in [-0.25, -0.2) is 20.9 Å². The number of nitrogens with two attached hydrogens (primary N) is 2. The van der Waals surface area contributed by atoms with Gasteiger partial charge in [0.25, 0.3) is 0 Å². The third-order valence-corrected chi connectivity index (χ3v) is 0.547. The summed E-state index contributed by atoms with van der Waals surface area (Å²) in [5.41, 5.74) is 7.65. The van der Waals surface area contributed by atoms with Crippen LogP contribution in [0.1, 0.15) is 0 Å². The van der Waals surface area contributed by atoms with Gasteiger partial charge in [-0.1, -0.05) is 0 Å². The van der Waals surface area contributed by atoms with Gasteiger partial charge in [0, 0.05) is 0 Å². The molecule has 8 nitrogen and oxygen atoms in total. The largest absolute Gasteiger partial charge is 0.358 e. The first-order valence-electron chi connectivity index (χ1n) is 2.13. The second-order valence-corrected chi connectivity index (χ2v) is 1.24. The van der Waals surface area contributed by atoms with Crippen molar-refractivity contribution in [1.29, 1.82) is 0 Å². The predicted octanol–water partition coefficient (Wildman–Crippen LogP) is -2.16. The average molecular weight is 149 g/mol. The summed E-state index contributed by atoms with van der Waals surface area (Å²) >= 11 is 0. The number of hydrazine groups is 2. The summed E-state index contributed by atoms with van der Waals surface area (Å²) in [6.07, 6.45) is 0. The third-order valence-electron chi connectivity index (χ3n) is 0.547. The highest BCUT2D eigenvalue weighted by atomic mass is 16.6. The predicted molar refractivity (Wildman–Crippen MR) is 29.1 cm³/mol. The van der Waals surface area contributed by atoms with E-state index >= 15 is 0 Å². The van der Waals surface area contributed by atoms with Crippen LogP contribution in [0.15, 0.2) is 0 Å². The van der Waals surface area contributed by atoms with Crippen molar-refractivity contribution in [2.75, 3.05) is 0 Å². The lowest BCUT2D eigenvalue weighted by molar-refractivity contribution is -0.0705. The highest BCUT2D eigenvalue weighted by Crippen LogP contribution is 1.70. The number of carbonyl (C=O) groups excluding carboxylic acids is 2. The Morgan fingerprint density at radius 2 is 2.00 bits per heavy atom. The Bertz CT molecular complexity index is 146. The first-order chi connectivity index (χ1) is 4.57. The first kappa shape index (κ1) is 8.46. The van der Waals surface area contributed by atoms with E-state index in [0.717, 1.165) is 0 Å². The molecule has 4 amide bonds. The van der Waals surface area contributed by atoms with Crippen LogP contribution in [0, 0.1) is 0 Å². The van der Waals surface area contributed by atoms with Crippen LogP contribution in [0.25, 0.3) is 0 Å². The molecule has 0 spiro atoms. The number of hydrogen-bond donors (Lipinski definition) is 5. The Hall–Kier alpha value is -1.54. The number of primary amides is 1. The van der Waals surface area contributed by atoms with E-state index < -0.39 is 12.1 Å². The molecule has 7 N–H and O–H groups in total. The summed E-state index contributed by atoms with van der Waals surface area (Å²) in [5.74, 6) is 4.57. The maximum absolute atomic E-state index is 10.2. The van der Waals surface area contributed by atoms with Gasteiger partial charge in [0.1, 0.15) is 0 Å². The lowest BCUT2D eigenvalue weighted by Gasteiger charge is -2.11. The van der Waals surface area contributed by atoms with Crippen molar-refractivity contribution in [3.8, 4) is 0 Å². The second-order valence-electron chi connectivity index (χ2n) is 1.24. The van der Waals surface area contributed by atoms with E-state index in [1.165, 1.54) is 0 Å². The molecule has 0 fully saturated rings. The van der Waals surface area contributed by atoms with Crippen LogP contribution in [-0.4, -0.2) is 22.4 Å². The number of nitrogens with one attached hydrogen (secondary N) is 2. The third kappa shape index (κ3) is 2.69. The monoisotopic (exact) mass is 149 g/mol. The number of urea groups is 2. The van der Waals surface area contributed by atoms with Crippen LogP contribution >= 0.6 is 0 Å². The molecule has 0 aliphatic rings. The molecule has 0 aromatic heterocycles. The summed E-state index contributed by atoms with van der Waals surface area (Å²) < 4.78 is 0. The standard InChI is InChI=1S/C2H7N5O3/c3-1(8)7(10)6-2(9)5-4/h10H,4H2,(H2,3,8)(H2,5,6,9). The molecular formula is C2H7N5O3. The number of rotatable bonds is 0. The number of amides is 4. The summed E-state index contributed by atoms with van der Waals surface area (Å²) in [4.78, 5) is 20.1. The van der Waals surface area contributed by atoms with E-state index in [9.17, 15) is 9.59 Å². The topological polar surface area (TPSA) is 134 Å². The summed E-state index contributed by atoms with van der Waals surface area (Å²) in [5, 5.41) is 8.15. The molecule has 0 saturated heterocycles. The van der Waals surface area contributed by atoms with Gasteiger partial charge >= 0.3 is 12.1 Å². The van der Waals surface area contributed by atoms with Gasteiger partial charge in [0.2, 0.25) is 0 Å². The van der Waals surface area contributed by atoms with Crippen molar-refractivity contribution in [3.05, 3.63) is 0 Å². The van der Waals surface area contributed by atoms with Crippen molar-refractivity contribution < 1.29 is 14.8 Å². The fourth-order valence-corrected chi connectivity index (χ4v) is 0.184. The Kier molecular flexibility index (Phi) is 2.94. The van der Waals surface area contributed by atoms with Gasteiger partial charge in [0.05, 0.1) is 0 Å².